The molecule has 5 heteroatoms. The zero-order valence-electron chi connectivity index (χ0n) is 8.05. The van der Waals surface area contributed by atoms with Gasteiger partial charge in [-0.2, -0.15) is 0 Å². The van der Waals surface area contributed by atoms with Crippen LogP contribution in [0.4, 0.5) is 0 Å². The van der Waals surface area contributed by atoms with Crippen molar-refractivity contribution in [3.8, 4) is 0 Å². The van der Waals surface area contributed by atoms with Gasteiger partial charge < -0.3 is 5.73 Å². The van der Waals surface area contributed by atoms with Gasteiger partial charge in [0.05, 0.1) is 5.56 Å². The Morgan fingerprint density at radius 2 is 2.27 bits per heavy atom. The molecule has 0 atom stereocenters. The molecule has 0 aliphatic heterocycles. The number of hydrogen-bond acceptors (Lipinski definition) is 3. The smallest absolute Gasteiger partial charge is 0.252 e. The van der Waals surface area contributed by atoms with Gasteiger partial charge in [-0.25, -0.2) is 0 Å². The summed E-state index contributed by atoms with van der Waals surface area (Å²) in [4.78, 5) is 11.2. The molecule has 1 aliphatic rings. The van der Waals surface area contributed by atoms with Crippen LogP contribution < -0.4 is 5.73 Å². The molecule has 0 unspecified atom stereocenters. The number of nitrogens with zero attached hydrogens (tertiary/aromatic N) is 3. The molecule has 76 valence electrons. The number of aromatic nitrogens is 3. The highest BCUT2D eigenvalue weighted by molar-refractivity contribution is 5.98. The van der Waals surface area contributed by atoms with Crippen LogP contribution in [0.5, 0.6) is 0 Å². The fraction of sp³-hybridized carbons (Fsp3) is 0.300. The van der Waals surface area contributed by atoms with Crippen LogP contribution in [0, 0.1) is 0 Å². The lowest BCUT2D eigenvalue weighted by Crippen LogP contribution is -2.12. The van der Waals surface area contributed by atoms with Gasteiger partial charge in [-0.1, -0.05) is 0 Å². The molecule has 15 heavy (non-hydrogen) atoms. The Kier molecular flexibility index (Phi) is 1.56. The zero-order valence-corrected chi connectivity index (χ0v) is 8.05. The van der Waals surface area contributed by atoms with Crippen molar-refractivity contribution in [2.75, 3.05) is 0 Å². The predicted octanol–water partition coefficient (Wildman–Crippen LogP) is 0.706. The number of hydrogen-bond donors (Lipinski definition) is 1. The SMILES string of the molecule is NC(=O)c1cccn2c(C3CC3)nnc12. The van der Waals surface area contributed by atoms with Gasteiger partial charge in [0.2, 0.25) is 0 Å². The van der Waals surface area contributed by atoms with E-state index in [4.69, 9.17) is 5.73 Å². The van der Waals surface area contributed by atoms with Crippen molar-refractivity contribution in [1.82, 2.24) is 14.6 Å². The molecule has 5 nitrogen and oxygen atoms in total. The first kappa shape index (κ1) is 8.40. The van der Waals surface area contributed by atoms with Crippen molar-refractivity contribution < 1.29 is 4.79 Å². The predicted molar refractivity (Wildman–Crippen MR) is 53.5 cm³/mol. The number of carbonyl (C=O) groups is 1. The van der Waals surface area contributed by atoms with E-state index in [-0.39, 0.29) is 0 Å². The lowest BCUT2D eigenvalue weighted by atomic mass is 10.2. The minimum absolute atomic E-state index is 0.428. The van der Waals surface area contributed by atoms with E-state index in [2.05, 4.69) is 10.2 Å². The summed E-state index contributed by atoms with van der Waals surface area (Å²) in [5.74, 6) is 0.978. The molecular weight excluding hydrogens is 192 g/mol. The van der Waals surface area contributed by atoms with Crippen molar-refractivity contribution in [1.29, 1.82) is 0 Å². The van der Waals surface area contributed by atoms with E-state index in [9.17, 15) is 4.79 Å². The lowest BCUT2D eigenvalue weighted by Gasteiger charge is -1.99. The van der Waals surface area contributed by atoms with Crippen molar-refractivity contribution in [2.45, 2.75) is 18.8 Å². The maximum absolute atomic E-state index is 11.2. The molecular formula is C10H10N4O. The van der Waals surface area contributed by atoms with Gasteiger partial charge in [0.25, 0.3) is 5.91 Å². The third-order valence-corrected chi connectivity index (χ3v) is 2.67. The largest absolute Gasteiger partial charge is 0.365 e. The molecule has 2 heterocycles. The molecule has 1 amide bonds. The molecule has 0 spiro atoms. The Morgan fingerprint density at radius 1 is 1.47 bits per heavy atom. The van der Waals surface area contributed by atoms with Crippen LogP contribution in [0.15, 0.2) is 18.3 Å². The highest BCUT2D eigenvalue weighted by Gasteiger charge is 2.29. The van der Waals surface area contributed by atoms with Crippen LogP contribution >= 0.6 is 0 Å². The van der Waals surface area contributed by atoms with Gasteiger partial charge >= 0.3 is 0 Å². The molecule has 0 saturated heterocycles. The van der Waals surface area contributed by atoms with E-state index in [1.807, 2.05) is 10.6 Å². The summed E-state index contributed by atoms with van der Waals surface area (Å²) in [6.07, 6.45) is 4.18. The topological polar surface area (TPSA) is 73.3 Å². The molecule has 2 aromatic rings. The number of nitrogens with two attached hydrogens (primary N) is 1. The second-order valence-electron chi connectivity index (χ2n) is 3.81. The number of primary amides is 1. The molecule has 1 fully saturated rings. The summed E-state index contributed by atoms with van der Waals surface area (Å²) >= 11 is 0. The molecule has 1 saturated carbocycles. The number of amides is 1. The van der Waals surface area contributed by atoms with E-state index >= 15 is 0 Å². The Labute approximate surface area is 85.9 Å². The second kappa shape index (κ2) is 2.79. The minimum Gasteiger partial charge on any atom is -0.365 e. The van der Waals surface area contributed by atoms with Gasteiger partial charge in [0.15, 0.2) is 5.65 Å². The van der Waals surface area contributed by atoms with Gasteiger partial charge in [0, 0.05) is 12.1 Å². The van der Waals surface area contributed by atoms with E-state index in [1.54, 1.807) is 12.1 Å². The summed E-state index contributed by atoms with van der Waals surface area (Å²) in [5.41, 5.74) is 6.25. The molecule has 2 aromatic heterocycles. The molecule has 2 N–H and O–H groups in total. The normalized spacial score (nSPS) is 15.7. The lowest BCUT2D eigenvalue weighted by molar-refractivity contribution is 0.100. The van der Waals surface area contributed by atoms with Crippen LogP contribution in [0.1, 0.15) is 34.9 Å². The average Bonchev–Trinajstić information content (AvgIpc) is 2.97. The minimum atomic E-state index is -0.463. The van der Waals surface area contributed by atoms with Crippen molar-refractivity contribution in [2.24, 2.45) is 5.73 Å². The maximum Gasteiger partial charge on any atom is 0.252 e. The van der Waals surface area contributed by atoms with Gasteiger partial charge in [-0.3, -0.25) is 9.20 Å². The molecule has 0 aromatic carbocycles. The van der Waals surface area contributed by atoms with Gasteiger partial charge in [0.1, 0.15) is 5.82 Å². The summed E-state index contributed by atoms with van der Waals surface area (Å²) in [6.45, 7) is 0. The van der Waals surface area contributed by atoms with E-state index in [0.29, 0.717) is 17.1 Å². The Hall–Kier alpha value is -1.91. The third-order valence-electron chi connectivity index (χ3n) is 2.67. The van der Waals surface area contributed by atoms with Crippen LogP contribution in [0.3, 0.4) is 0 Å². The quantitative estimate of drug-likeness (QED) is 0.779. The van der Waals surface area contributed by atoms with Crippen molar-refractivity contribution >= 4 is 11.6 Å². The number of carbonyl (C=O) groups excluding carboxylic acids is 1. The van der Waals surface area contributed by atoms with E-state index in [0.717, 1.165) is 18.7 Å². The van der Waals surface area contributed by atoms with Crippen molar-refractivity contribution in [3.05, 3.63) is 29.7 Å². The fourth-order valence-electron chi connectivity index (χ4n) is 1.75. The van der Waals surface area contributed by atoms with Gasteiger partial charge in [-0.05, 0) is 25.0 Å². The van der Waals surface area contributed by atoms with E-state index < -0.39 is 5.91 Å². The Morgan fingerprint density at radius 3 is 2.93 bits per heavy atom. The van der Waals surface area contributed by atoms with Crippen LogP contribution in [0.25, 0.3) is 5.65 Å². The molecule has 1 aliphatic carbocycles. The first-order chi connectivity index (χ1) is 7.27. The highest BCUT2D eigenvalue weighted by Crippen LogP contribution is 2.38. The molecule has 0 bridgehead atoms. The second-order valence-corrected chi connectivity index (χ2v) is 3.81. The average molecular weight is 202 g/mol. The number of pyridine rings is 1. The third kappa shape index (κ3) is 1.20. The Balaban J connectivity index is 2.27. The standard InChI is InChI=1S/C10H10N4O/c11-8(15)7-2-1-5-14-9(6-3-4-6)12-13-10(7)14/h1-2,5-6H,3-4H2,(H2,11,15). The van der Waals surface area contributed by atoms with Crippen LogP contribution in [0.2, 0.25) is 0 Å². The molecule has 0 radical (unpaired) electrons. The monoisotopic (exact) mass is 202 g/mol. The summed E-state index contributed by atoms with van der Waals surface area (Å²) in [6, 6.07) is 3.46. The first-order valence-electron chi connectivity index (χ1n) is 4.91. The van der Waals surface area contributed by atoms with Crippen molar-refractivity contribution in [3.63, 3.8) is 0 Å². The molecule has 3 rings (SSSR count). The number of fused-ring (bicyclic) bond motifs is 1. The summed E-state index contributed by atoms with van der Waals surface area (Å²) in [7, 11) is 0. The zero-order chi connectivity index (χ0) is 10.4. The maximum atomic E-state index is 11.2. The van der Waals surface area contributed by atoms with Crippen LogP contribution in [-0.4, -0.2) is 20.5 Å². The summed E-state index contributed by atoms with van der Waals surface area (Å²) < 4.78 is 1.86. The van der Waals surface area contributed by atoms with Crippen LogP contribution in [-0.2, 0) is 0 Å². The van der Waals surface area contributed by atoms with Gasteiger partial charge in [-0.15, -0.1) is 10.2 Å². The highest BCUT2D eigenvalue weighted by atomic mass is 16.1. The number of rotatable bonds is 2. The van der Waals surface area contributed by atoms with E-state index in [1.165, 1.54) is 0 Å². The summed E-state index contributed by atoms with van der Waals surface area (Å²) in [5, 5.41) is 8.12. The fourth-order valence-corrected chi connectivity index (χ4v) is 1.75. The first-order valence-corrected chi connectivity index (χ1v) is 4.91. The Bertz CT molecular complexity index is 541.